The highest BCUT2D eigenvalue weighted by Crippen LogP contribution is 2.28. The largest absolute Gasteiger partial charge is 0.465 e. The van der Waals surface area contributed by atoms with Gasteiger partial charge >= 0.3 is 5.97 Å². The summed E-state index contributed by atoms with van der Waals surface area (Å²) in [6.45, 7) is 5.39. The van der Waals surface area contributed by atoms with E-state index in [1.165, 1.54) is 7.11 Å². The minimum atomic E-state index is -1.35. The van der Waals surface area contributed by atoms with Gasteiger partial charge in [0.05, 0.1) is 12.7 Å². The molecule has 5 heteroatoms. The van der Waals surface area contributed by atoms with Crippen molar-refractivity contribution in [2.75, 3.05) is 7.11 Å². The molecule has 0 aliphatic rings. The summed E-state index contributed by atoms with van der Waals surface area (Å²) in [5.41, 5.74) is 11.1. The Hall–Kier alpha value is -2.14. The molecule has 0 radical (unpaired) electrons. The van der Waals surface area contributed by atoms with E-state index < -0.39 is 17.4 Å². The van der Waals surface area contributed by atoms with Gasteiger partial charge in [-0.3, -0.25) is 4.79 Å². The molecule has 0 saturated carbocycles. The SMILES string of the molecule is C=C[C@H](C)[C@@](N)(C(N)=O)c1ccc(C(=O)OC)cc1. The summed E-state index contributed by atoms with van der Waals surface area (Å²) in [4.78, 5) is 23.0. The maximum absolute atomic E-state index is 11.7. The number of carbonyl (C=O) groups excluding carboxylic acids is 2. The molecule has 4 N–H and O–H groups in total. The van der Waals surface area contributed by atoms with Crippen molar-refractivity contribution in [2.24, 2.45) is 17.4 Å². The summed E-state index contributed by atoms with van der Waals surface area (Å²) in [6, 6.07) is 6.27. The molecule has 1 amide bonds. The molecule has 19 heavy (non-hydrogen) atoms. The monoisotopic (exact) mass is 262 g/mol. The van der Waals surface area contributed by atoms with Gasteiger partial charge in [0.1, 0.15) is 5.54 Å². The second-order valence-corrected chi connectivity index (χ2v) is 4.33. The van der Waals surface area contributed by atoms with E-state index in [0.717, 1.165) is 0 Å². The first-order chi connectivity index (χ1) is 8.87. The second kappa shape index (κ2) is 5.67. The van der Waals surface area contributed by atoms with E-state index in [1.54, 1.807) is 37.3 Å². The Labute approximate surface area is 112 Å². The third-order valence-electron chi connectivity index (χ3n) is 3.26. The van der Waals surface area contributed by atoms with Crippen molar-refractivity contribution in [1.82, 2.24) is 0 Å². The van der Waals surface area contributed by atoms with Crippen molar-refractivity contribution < 1.29 is 14.3 Å². The van der Waals surface area contributed by atoms with Crippen molar-refractivity contribution >= 4 is 11.9 Å². The molecule has 0 fully saturated rings. The lowest BCUT2D eigenvalue weighted by Crippen LogP contribution is -2.53. The number of esters is 1. The predicted octanol–water partition coefficient (Wildman–Crippen LogP) is 0.935. The number of ether oxygens (including phenoxy) is 1. The lowest BCUT2D eigenvalue weighted by molar-refractivity contribution is -0.124. The van der Waals surface area contributed by atoms with E-state index in [1.807, 2.05) is 0 Å². The van der Waals surface area contributed by atoms with Gasteiger partial charge in [-0.15, -0.1) is 6.58 Å². The van der Waals surface area contributed by atoms with E-state index in [9.17, 15) is 9.59 Å². The Morgan fingerprint density at radius 3 is 2.26 bits per heavy atom. The first-order valence-electron chi connectivity index (χ1n) is 5.78. The topological polar surface area (TPSA) is 95.4 Å². The van der Waals surface area contributed by atoms with Gasteiger partial charge in [0.15, 0.2) is 0 Å². The van der Waals surface area contributed by atoms with Crippen molar-refractivity contribution in [3.63, 3.8) is 0 Å². The molecule has 102 valence electrons. The minimum Gasteiger partial charge on any atom is -0.465 e. The van der Waals surface area contributed by atoms with E-state index >= 15 is 0 Å². The zero-order valence-corrected chi connectivity index (χ0v) is 11.1. The van der Waals surface area contributed by atoms with Gasteiger partial charge in [-0.05, 0) is 17.7 Å². The van der Waals surface area contributed by atoms with Gasteiger partial charge in [-0.2, -0.15) is 0 Å². The second-order valence-electron chi connectivity index (χ2n) is 4.33. The van der Waals surface area contributed by atoms with Crippen molar-refractivity contribution in [2.45, 2.75) is 12.5 Å². The molecule has 5 nitrogen and oxygen atoms in total. The van der Waals surface area contributed by atoms with Gasteiger partial charge in [-0.1, -0.05) is 25.1 Å². The third kappa shape index (κ3) is 2.66. The van der Waals surface area contributed by atoms with Gasteiger partial charge in [0, 0.05) is 5.92 Å². The van der Waals surface area contributed by atoms with E-state index in [4.69, 9.17) is 11.5 Å². The van der Waals surface area contributed by atoms with Crippen molar-refractivity contribution in [1.29, 1.82) is 0 Å². The summed E-state index contributed by atoms with van der Waals surface area (Å²) < 4.78 is 4.60. The summed E-state index contributed by atoms with van der Waals surface area (Å²) >= 11 is 0. The fraction of sp³-hybridized carbons (Fsp3) is 0.286. The maximum Gasteiger partial charge on any atom is 0.337 e. The summed E-state index contributed by atoms with van der Waals surface area (Å²) in [7, 11) is 1.30. The number of hydrogen-bond acceptors (Lipinski definition) is 4. The average molecular weight is 262 g/mol. The average Bonchev–Trinajstić information content (AvgIpc) is 2.44. The summed E-state index contributed by atoms with van der Waals surface area (Å²) in [6.07, 6.45) is 1.57. The first-order valence-corrected chi connectivity index (χ1v) is 5.78. The molecule has 2 atom stereocenters. The number of benzene rings is 1. The van der Waals surface area contributed by atoms with Crippen LogP contribution in [0.3, 0.4) is 0 Å². The molecular weight excluding hydrogens is 244 g/mol. The van der Waals surface area contributed by atoms with Crippen molar-refractivity contribution in [3.8, 4) is 0 Å². The highest BCUT2D eigenvalue weighted by Gasteiger charge is 2.38. The van der Waals surface area contributed by atoms with Crippen LogP contribution in [0.5, 0.6) is 0 Å². The molecule has 0 saturated heterocycles. The Balaban J connectivity index is 3.23. The highest BCUT2D eigenvalue weighted by molar-refractivity contribution is 5.90. The quantitative estimate of drug-likeness (QED) is 0.609. The number of primary amides is 1. The third-order valence-corrected chi connectivity index (χ3v) is 3.26. The van der Waals surface area contributed by atoms with E-state index in [0.29, 0.717) is 11.1 Å². The Kier molecular flexibility index (Phi) is 4.45. The van der Waals surface area contributed by atoms with Gasteiger partial charge in [-0.25, -0.2) is 4.79 Å². The van der Waals surface area contributed by atoms with Crippen LogP contribution >= 0.6 is 0 Å². The molecule has 0 aliphatic carbocycles. The molecule has 1 aromatic rings. The molecule has 0 heterocycles. The Bertz CT molecular complexity index is 496. The molecule has 0 aliphatic heterocycles. The highest BCUT2D eigenvalue weighted by atomic mass is 16.5. The van der Waals surface area contributed by atoms with Gasteiger partial charge in [0.25, 0.3) is 0 Å². The van der Waals surface area contributed by atoms with E-state index in [-0.39, 0.29) is 5.92 Å². The number of amides is 1. The number of hydrogen-bond donors (Lipinski definition) is 2. The van der Waals surface area contributed by atoms with Crippen LogP contribution in [0.25, 0.3) is 0 Å². The zero-order valence-electron chi connectivity index (χ0n) is 11.1. The molecule has 1 aromatic carbocycles. The van der Waals surface area contributed by atoms with Gasteiger partial charge < -0.3 is 16.2 Å². The Morgan fingerprint density at radius 2 is 1.89 bits per heavy atom. The fourth-order valence-corrected chi connectivity index (χ4v) is 1.82. The molecular formula is C14H18N2O3. The van der Waals surface area contributed by atoms with Crippen LogP contribution in [0, 0.1) is 5.92 Å². The smallest absolute Gasteiger partial charge is 0.337 e. The maximum atomic E-state index is 11.7. The van der Waals surface area contributed by atoms with E-state index in [2.05, 4.69) is 11.3 Å². The number of carbonyl (C=O) groups is 2. The molecule has 0 aromatic heterocycles. The number of methoxy groups -OCH3 is 1. The molecule has 0 bridgehead atoms. The van der Waals surface area contributed by atoms with Crippen LogP contribution < -0.4 is 11.5 Å². The Morgan fingerprint density at radius 1 is 1.37 bits per heavy atom. The van der Waals surface area contributed by atoms with Crippen LogP contribution in [0.1, 0.15) is 22.8 Å². The molecule has 0 unspecified atom stereocenters. The van der Waals surface area contributed by atoms with Crippen LogP contribution in [0.4, 0.5) is 0 Å². The van der Waals surface area contributed by atoms with Crippen LogP contribution in [0.2, 0.25) is 0 Å². The van der Waals surface area contributed by atoms with Crippen LogP contribution in [0.15, 0.2) is 36.9 Å². The summed E-state index contributed by atoms with van der Waals surface area (Å²) in [5, 5.41) is 0. The van der Waals surface area contributed by atoms with Crippen molar-refractivity contribution in [3.05, 3.63) is 48.0 Å². The van der Waals surface area contributed by atoms with Gasteiger partial charge in [0.2, 0.25) is 5.91 Å². The fourth-order valence-electron chi connectivity index (χ4n) is 1.82. The molecule has 1 rings (SSSR count). The molecule has 0 spiro atoms. The predicted molar refractivity (Wildman–Crippen MR) is 72.2 cm³/mol. The first kappa shape index (κ1) is 14.9. The standard InChI is InChI=1S/C14H18N2O3/c1-4-9(2)14(16,13(15)18)11-7-5-10(6-8-11)12(17)19-3/h4-9H,1,16H2,2-3H3,(H2,15,18)/t9-,14-/m0/s1. The van der Waals surface area contributed by atoms with Crippen LogP contribution in [-0.4, -0.2) is 19.0 Å². The normalized spacial score (nSPS) is 15.1. The summed E-state index contributed by atoms with van der Waals surface area (Å²) in [5.74, 6) is -1.44. The number of nitrogens with two attached hydrogens (primary N) is 2. The number of rotatable bonds is 5. The lowest BCUT2D eigenvalue weighted by atomic mass is 9.79. The zero-order chi connectivity index (χ0) is 14.6. The van der Waals surface area contributed by atoms with Crippen LogP contribution in [-0.2, 0) is 15.1 Å². The minimum absolute atomic E-state index is 0.339. The lowest BCUT2D eigenvalue weighted by Gasteiger charge is -2.31.